The van der Waals surface area contributed by atoms with Crippen LogP contribution in [0.3, 0.4) is 0 Å². The van der Waals surface area contributed by atoms with Gasteiger partial charge in [0.1, 0.15) is 12.6 Å². The summed E-state index contributed by atoms with van der Waals surface area (Å²) in [4.78, 5) is 34.2. The van der Waals surface area contributed by atoms with Crippen LogP contribution in [0, 0.1) is 0 Å². The molecule has 182 valence electrons. The minimum Gasteiger partial charge on any atom is -0.337 e. The van der Waals surface area contributed by atoms with E-state index in [1.807, 2.05) is 54.6 Å². The van der Waals surface area contributed by atoms with Gasteiger partial charge in [-0.15, -0.1) is 6.58 Å². The Balaban J connectivity index is 1.43. The SMILES string of the molecule is C=CCN(CC(=O)N1CCCCC1c1nc(-c2ccc(Br)cc2)no1)C(=O)CCc1ccccc1. The lowest BCUT2D eigenvalue weighted by Gasteiger charge is -2.35. The van der Waals surface area contributed by atoms with Crippen LogP contribution < -0.4 is 0 Å². The van der Waals surface area contributed by atoms with E-state index in [-0.39, 0.29) is 24.4 Å². The number of aromatic nitrogens is 2. The van der Waals surface area contributed by atoms with Gasteiger partial charge >= 0.3 is 0 Å². The van der Waals surface area contributed by atoms with Gasteiger partial charge in [0.15, 0.2) is 0 Å². The maximum absolute atomic E-state index is 13.4. The van der Waals surface area contributed by atoms with Crippen molar-refractivity contribution in [2.24, 2.45) is 0 Å². The Morgan fingerprint density at radius 3 is 2.66 bits per heavy atom. The number of benzene rings is 2. The van der Waals surface area contributed by atoms with Crippen molar-refractivity contribution in [1.29, 1.82) is 0 Å². The Bertz CT molecular complexity index is 1150. The number of nitrogens with zero attached hydrogens (tertiary/aromatic N) is 4. The zero-order chi connectivity index (χ0) is 24.6. The van der Waals surface area contributed by atoms with E-state index < -0.39 is 0 Å². The van der Waals surface area contributed by atoms with Crippen molar-refractivity contribution in [3.63, 3.8) is 0 Å². The summed E-state index contributed by atoms with van der Waals surface area (Å²) in [6.07, 6.45) is 5.25. The van der Waals surface area contributed by atoms with Gasteiger partial charge in [-0.25, -0.2) is 0 Å². The summed E-state index contributed by atoms with van der Waals surface area (Å²) >= 11 is 3.43. The Hall–Kier alpha value is -3.26. The lowest BCUT2D eigenvalue weighted by Crippen LogP contribution is -2.46. The molecule has 3 aromatic rings. The Labute approximate surface area is 213 Å². The van der Waals surface area contributed by atoms with Crippen molar-refractivity contribution < 1.29 is 14.1 Å². The molecule has 1 aromatic heterocycles. The van der Waals surface area contributed by atoms with E-state index in [0.29, 0.717) is 37.6 Å². The maximum atomic E-state index is 13.4. The number of carbonyl (C=O) groups is 2. The molecule has 0 N–H and O–H groups in total. The molecule has 0 saturated carbocycles. The maximum Gasteiger partial charge on any atom is 0.249 e. The summed E-state index contributed by atoms with van der Waals surface area (Å²) in [5.41, 5.74) is 1.94. The Kier molecular flexibility index (Phi) is 8.47. The number of hydrogen-bond acceptors (Lipinski definition) is 5. The molecule has 1 saturated heterocycles. The lowest BCUT2D eigenvalue weighted by molar-refractivity contribution is -0.142. The lowest BCUT2D eigenvalue weighted by atomic mass is 10.0. The van der Waals surface area contributed by atoms with Gasteiger partial charge < -0.3 is 14.3 Å². The predicted octanol–water partition coefficient (Wildman–Crippen LogP) is 5.20. The third-order valence-electron chi connectivity index (χ3n) is 6.15. The van der Waals surface area contributed by atoms with E-state index in [4.69, 9.17) is 4.52 Å². The molecule has 2 heterocycles. The Morgan fingerprint density at radius 2 is 1.91 bits per heavy atom. The number of hydrogen-bond donors (Lipinski definition) is 0. The van der Waals surface area contributed by atoms with E-state index in [0.717, 1.165) is 34.9 Å². The van der Waals surface area contributed by atoms with Crippen LogP contribution >= 0.6 is 15.9 Å². The van der Waals surface area contributed by atoms with Gasteiger partial charge in [0.05, 0.1) is 0 Å². The van der Waals surface area contributed by atoms with Gasteiger partial charge in [0, 0.05) is 29.5 Å². The summed E-state index contributed by atoms with van der Waals surface area (Å²) in [5.74, 6) is 0.746. The fraction of sp³-hybridized carbons (Fsp3) is 0.333. The van der Waals surface area contributed by atoms with Crippen LogP contribution in [-0.4, -0.2) is 51.4 Å². The van der Waals surface area contributed by atoms with Crippen molar-refractivity contribution in [3.05, 3.63) is 83.2 Å². The van der Waals surface area contributed by atoms with Crippen LogP contribution in [0.5, 0.6) is 0 Å². The second-order valence-corrected chi connectivity index (χ2v) is 9.53. The summed E-state index contributed by atoms with van der Waals surface area (Å²) in [5, 5.41) is 4.14. The Morgan fingerprint density at radius 1 is 1.14 bits per heavy atom. The molecule has 1 aliphatic heterocycles. The number of halogens is 1. The first-order valence-electron chi connectivity index (χ1n) is 11.9. The fourth-order valence-electron chi connectivity index (χ4n) is 4.29. The summed E-state index contributed by atoms with van der Waals surface area (Å²) < 4.78 is 6.56. The molecule has 4 rings (SSSR count). The summed E-state index contributed by atoms with van der Waals surface area (Å²) in [6.45, 7) is 4.69. The monoisotopic (exact) mass is 536 g/mol. The number of carbonyl (C=O) groups excluding carboxylic acids is 2. The molecule has 8 heteroatoms. The van der Waals surface area contributed by atoms with Gasteiger partial charge in [0.25, 0.3) is 0 Å². The van der Waals surface area contributed by atoms with Crippen molar-refractivity contribution in [1.82, 2.24) is 19.9 Å². The highest BCUT2D eigenvalue weighted by atomic mass is 79.9. The molecule has 0 bridgehead atoms. The van der Waals surface area contributed by atoms with Crippen molar-refractivity contribution in [2.75, 3.05) is 19.6 Å². The van der Waals surface area contributed by atoms with Gasteiger partial charge in [0.2, 0.25) is 23.5 Å². The second kappa shape index (κ2) is 11.9. The standard InChI is InChI=1S/C27H29BrN4O3/c1-2-17-31(24(33)16-11-20-8-4-3-5-9-20)19-25(34)32-18-7-6-10-23(32)27-29-26(30-35-27)21-12-14-22(28)15-13-21/h2-5,8-9,12-15,23H,1,6-7,10-11,16-19H2. The van der Waals surface area contributed by atoms with Gasteiger partial charge in [-0.05, 0) is 55.5 Å². The first-order valence-corrected chi connectivity index (χ1v) is 12.7. The van der Waals surface area contributed by atoms with E-state index in [1.165, 1.54) is 0 Å². The zero-order valence-corrected chi connectivity index (χ0v) is 21.2. The number of piperidine rings is 1. The van der Waals surface area contributed by atoms with Gasteiger partial charge in [-0.2, -0.15) is 4.98 Å². The average Bonchev–Trinajstić information content (AvgIpc) is 3.38. The van der Waals surface area contributed by atoms with Crippen LogP contribution in [0.15, 0.2) is 76.2 Å². The highest BCUT2D eigenvalue weighted by Crippen LogP contribution is 2.31. The molecule has 1 atom stereocenters. The van der Waals surface area contributed by atoms with Gasteiger partial charge in [-0.3, -0.25) is 9.59 Å². The second-order valence-electron chi connectivity index (χ2n) is 8.61. The molecule has 0 aliphatic carbocycles. The molecule has 1 unspecified atom stereocenters. The van der Waals surface area contributed by atoms with Crippen molar-refractivity contribution in [3.8, 4) is 11.4 Å². The third kappa shape index (κ3) is 6.45. The van der Waals surface area contributed by atoms with Crippen molar-refractivity contribution >= 4 is 27.7 Å². The number of aryl methyl sites for hydroxylation is 1. The highest BCUT2D eigenvalue weighted by Gasteiger charge is 2.33. The van der Waals surface area contributed by atoms with E-state index >= 15 is 0 Å². The largest absolute Gasteiger partial charge is 0.337 e. The molecule has 2 amide bonds. The zero-order valence-electron chi connectivity index (χ0n) is 19.6. The quantitative estimate of drug-likeness (QED) is 0.351. The minimum absolute atomic E-state index is 0.00382. The van der Waals surface area contributed by atoms with Crippen LogP contribution in [0.4, 0.5) is 0 Å². The fourth-order valence-corrected chi connectivity index (χ4v) is 4.56. The highest BCUT2D eigenvalue weighted by molar-refractivity contribution is 9.10. The molecule has 1 aliphatic rings. The molecule has 0 spiro atoms. The number of rotatable bonds is 9. The minimum atomic E-state index is -0.294. The predicted molar refractivity (Wildman–Crippen MR) is 137 cm³/mol. The summed E-state index contributed by atoms with van der Waals surface area (Å²) in [6, 6.07) is 17.3. The smallest absolute Gasteiger partial charge is 0.249 e. The van der Waals surface area contributed by atoms with Crippen LogP contribution in [-0.2, 0) is 16.0 Å². The van der Waals surface area contributed by atoms with Gasteiger partial charge in [-0.1, -0.05) is 57.5 Å². The number of likely N-dealkylation sites (tertiary alicyclic amines) is 1. The van der Waals surface area contributed by atoms with E-state index in [1.54, 1.807) is 15.9 Å². The first-order chi connectivity index (χ1) is 17.0. The molecule has 2 aromatic carbocycles. The van der Waals surface area contributed by atoms with Crippen LogP contribution in [0.1, 0.15) is 43.2 Å². The molecule has 35 heavy (non-hydrogen) atoms. The van der Waals surface area contributed by atoms with E-state index in [9.17, 15) is 9.59 Å². The molecule has 0 radical (unpaired) electrons. The van der Waals surface area contributed by atoms with Crippen molar-refractivity contribution in [2.45, 2.75) is 38.1 Å². The molecule has 7 nitrogen and oxygen atoms in total. The summed E-state index contributed by atoms with van der Waals surface area (Å²) in [7, 11) is 0. The molecular formula is C27H29BrN4O3. The topological polar surface area (TPSA) is 79.5 Å². The first kappa shape index (κ1) is 24.9. The average molecular weight is 537 g/mol. The normalized spacial score (nSPS) is 15.6. The molecule has 1 fully saturated rings. The van der Waals surface area contributed by atoms with Crippen LogP contribution in [0.2, 0.25) is 0 Å². The number of amides is 2. The van der Waals surface area contributed by atoms with Crippen LogP contribution in [0.25, 0.3) is 11.4 Å². The van der Waals surface area contributed by atoms with E-state index in [2.05, 4.69) is 32.6 Å². The molecular weight excluding hydrogens is 508 g/mol. The third-order valence-corrected chi connectivity index (χ3v) is 6.68.